The summed E-state index contributed by atoms with van der Waals surface area (Å²) < 4.78 is 1.59. The molecule has 1 aromatic carbocycles. The van der Waals surface area contributed by atoms with Gasteiger partial charge in [0, 0.05) is 18.3 Å². The topological polar surface area (TPSA) is 106 Å². The molecule has 0 spiro atoms. The summed E-state index contributed by atoms with van der Waals surface area (Å²) in [6, 6.07) is 1.11. The third-order valence-corrected chi connectivity index (χ3v) is 3.41. The number of primary amides is 1. The number of hydrogen-bond acceptors (Lipinski definition) is 4. The highest BCUT2D eigenvalue weighted by atomic mass is 35.5. The summed E-state index contributed by atoms with van der Waals surface area (Å²) >= 11 is 5.91. The summed E-state index contributed by atoms with van der Waals surface area (Å²) in [6.07, 6.45) is 1.32. The highest BCUT2D eigenvalue weighted by Crippen LogP contribution is 2.38. The number of phenolic OH excluding ortho intramolecular Hbond substituents is 2. The van der Waals surface area contributed by atoms with Crippen molar-refractivity contribution in [3.63, 3.8) is 0 Å². The summed E-state index contributed by atoms with van der Waals surface area (Å²) in [6.45, 7) is 3.65. The third-order valence-electron chi connectivity index (χ3n) is 3.04. The van der Waals surface area contributed by atoms with Crippen LogP contribution in [-0.2, 0) is 0 Å². The molecule has 0 fully saturated rings. The first-order chi connectivity index (χ1) is 9.25. The summed E-state index contributed by atoms with van der Waals surface area (Å²) in [4.78, 5) is 23.6. The van der Waals surface area contributed by atoms with Gasteiger partial charge in [0.1, 0.15) is 5.56 Å². The fraction of sp³-hybridized carbons (Fsp3) is 0.231. The molecule has 0 aliphatic rings. The lowest BCUT2D eigenvalue weighted by atomic mass is 10.1. The van der Waals surface area contributed by atoms with Crippen LogP contribution in [0.2, 0.25) is 5.02 Å². The van der Waals surface area contributed by atoms with E-state index < -0.39 is 22.8 Å². The van der Waals surface area contributed by atoms with Gasteiger partial charge in [0.05, 0.1) is 15.9 Å². The molecule has 0 radical (unpaired) electrons. The van der Waals surface area contributed by atoms with E-state index in [1.165, 1.54) is 12.3 Å². The van der Waals surface area contributed by atoms with E-state index in [4.69, 9.17) is 17.3 Å². The Morgan fingerprint density at radius 1 is 1.40 bits per heavy atom. The van der Waals surface area contributed by atoms with Crippen molar-refractivity contribution in [2.24, 2.45) is 5.73 Å². The Labute approximate surface area is 119 Å². The zero-order valence-corrected chi connectivity index (χ0v) is 11.6. The van der Waals surface area contributed by atoms with Gasteiger partial charge in [-0.3, -0.25) is 9.59 Å². The second-order valence-electron chi connectivity index (χ2n) is 4.69. The van der Waals surface area contributed by atoms with Crippen molar-refractivity contribution in [3.05, 3.63) is 33.1 Å². The van der Waals surface area contributed by atoms with Crippen molar-refractivity contribution in [1.29, 1.82) is 0 Å². The summed E-state index contributed by atoms with van der Waals surface area (Å²) in [5.74, 6) is -1.92. The Hall–Kier alpha value is -2.21. The van der Waals surface area contributed by atoms with E-state index in [0.717, 1.165) is 0 Å². The molecule has 0 aliphatic heterocycles. The van der Waals surface area contributed by atoms with Gasteiger partial charge in [-0.25, -0.2) is 0 Å². The van der Waals surface area contributed by atoms with Crippen LogP contribution in [0.15, 0.2) is 17.1 Å². The Bertz CT molecular complexity index is 780. The van der Waals surface area contributed by atoms with Crippen molar-refractivity contribution in [1.82, 2.24) is 4.57 Å². The van der Waals surface area contributed by atoms with Crippen LogP contribution in [0.3, 0.4) is 0 Å². The van der Waals surface area contributed by atoms with Crippen LogP contribution in [0.5, 0.6) is 11.5 Å². The number of nitrogens with zero attached hydrogens (tertiary/aromatic N) is 1. The molecule has 0 unspecified atom stereocenters. The van der Waals surface area contributed by atoms with E-state index in [0.29, 0.717) is 5.52 Å². The van der Waals surface area contributed by atoms with Crippen LogP contribution in [-0.4, -0.2) is 20.7 Å². The van der Waals surface area contributed by atoms with Gasteiger partial charge >= 0.3 is 0 Å². The molecular weight excluding hydrogens is 284 g/mol. The molecule has 7 heteroatoms. The highest BCUT2D eigenvalue weighted by Gasteiger charge is 2.20. The van der Waals surface area contributed by atoms with Crippen molar-refractivity contribution in [2.75, 3.05) is 0 Å². The zero-order valence-electron chi connectivity index (χ0n) is 10.8. The Morgan fingerprint density at radius 2 is 2.00 bits per heavy atom. The quantitative estimate of drug-likeness (QED) is 0.734. The number of aromatic nitrogens is 1. The van der Waals surface area contributed by atoms with Crippen LogP contribution < -0.4 is 11.2 Å². The summed E-state index contributed by atoms with van der Waals surface area (Å²) in [5.41, 5.74) is 4.60. The van der Waals surface area contributed by atoms with Gasteiger partial charge in [0.25, 0.3) is 5.91 Å². The first kappa shape index (κ1) is 14.2. The smallest absolute Gasteiger partial charge is 0.254 e. The second-order valence-corrected chi connectivity index (χ2v) is 5.07. The molecule has 1 amide bonds. The van der Waals surface area contributed by atoms with Gasteiger partial charge in [-0.05, 0) is 13.8 Å². The lowest BCUT2D eigenvalue weighted by Crippen LogP contribution is -2.24. The van der Waals surface area contributed by atoms with Crippen molar-refractivity contribution < 1.29 is 15.0 Å². The molecule has 0 atom stereocenters. The molecule has 1 aromatic heterocycles. The largest absolute Gasteiger partial charge is 0.504 e. The van der Waals surface area contributed by atoms with Gasteiger partial charge in [-0.1, -0.05) is 11.6 Å². The van der Waals surface area contributed by atoms with Crippen LogP contribution in [0.4, 0.5) is 0 Å². The number of aromatic hydroxyl groups is 2. The number of fused-ring (bicyclic) bond motifs is 1. The van der Waals surface area contributed by atoms with Gasteiger partial charge in [0.15, 0.2) is 11.5 Å². The van der Waals surface area contributed by atoms with Gasteiger partial charge < -0.3 is 20.5 Å². The number of pyridine rings is 1. The SMILES string of the molecule is CC(C)n1cc(C(N)=O)c(=O)c2c(Cl)c(O)c(O)cc21. The lowest BCUT2D eigenvalue weighted by Gasteiger charge is -2.17. The minimum absolute atomic E-state index is 0.0491. The molecule has 6 nitrogen and oxygen atoms in total. The van der Waals surface area contributed by atoms with Crippen molar-refractivity contribution >= 4 is 28.4 Å². The summed E-state index contributed by atoms with van der Waals surface area (Å²) in [7, 11) is 0. The molecule has 2 aromatic rings. The van der Waals surface area contributed by atoms with E-state index in [1.54, 1.807) is 4.57 Å². The molecule has 0 saturated heterocycles. The Kier molecular flexibility index (Phi) is 3.35. The van der Waals surface area contributed by atoms with Crippen LogP contribution in [0, 0.1) is 0 Å². The maximum absolute atomic E-state index is 12.2. The maximum atomic E-state index is 12.2. The van der Waals surface area contributed by atoms with E-state index in [1.807, 2.05) is 13.8 Å². The normalized spacial score (nSPS) is 11.2. The fourth-order valence-electron chi connectivity index (χ4n) is 2.04. The molecule has 0 aliphatic carbocycles. The molecule has 20 heavy (non-hydrogen) atoms. The molecule has 2 rings (SSSR count). The van der Waals surface area contributed by atoms with E-state index in [9.17, 15) is 19.8 Å². The molecular formula is C13H13ClN2O4. The average molecular weight is 297 g/mol. The number of halogens is 1. The van der Waals surface area contributed by atoms with Crippen molar-refractivity contribution in [3.8, 4) is 11.5 Å². The van der Waals surface area contributed by atoms with Crippen LogP contribution in [0.1, 0.15) is 30.2 Å². The molecule has 0 saturated carbocycles. The summed E-state index contributed by atoms with van der Waals surface area (Å²) in [5, 5.41) is 18.9. The minimum atomic E-state index is -0.880. The zero-order chi connectivity index (χ0) is 15.2. The monoisotopic (exact) mass is 296 g/mol. The third kappa shape index (κ3) is 1.98. The second kappa shape index (κ2) is 4.72. The number of benzene rings is 1. The average Bonchev–Trinajstić information content (AvgIpc) is 2.35. The first-order valence-corrected chi connectivity index (χ1v) is 6.22. The molecule has 0 bridgehead atoms. The number of carbonyl (C=O) groups is 1. The molecule has 106 valence electrons. The van der Waals surface area contributed by atoms with Gasteiger partial charge in [-0.15, -0.1) is 0 Å². The number of hydrogen-bond donors (Lipinski definition) is 3. The number of phenols is 2. The Balaban J connectivity index is 3.11. The maximum Gasteiger partial charge on any atom is 0.254 e. The van der Waals surface area contributed by atoms with Crippen LogP contribution in [0.25, 0.3) is 10.9 Å². The number of carbonyl (C=O) groups excluding carboxylic acids is 1. The van der Waals surface area contributed by atoms with E-state index in [2.05, 4.69) is 0 Å². The predicted octanol–water partition coefficient (Wildman–Crippen LogP) is 1.75. The minimum Gasteiger partial charge on any atom is -0.504 e. The number of amides is 1. The van der Waals surface area contributed by atoms with E-state index in [-0.39, 0.29) is 22.0 Å². The molecule has 4 N–H and O–H groups in total. The lowest BCUT2D eigenvalue weighted by molar-refractivity contribution is 0.0998. The molecule has 1 heterocycles. The predicted molar refractivity (Wildman–Crippen MR) is 75.5 cm³/mol. The Morgan fingerprint density at radius 3 is 2.50 bits per heavy atom. The number of rotatable bonds is 2. The van der Waals surface area contributed by atoms with Gasteiger partial charge in [-0.2, -0.15) is 0 Å². The van der Waals surface area contributed by atoms with Crippen molar-refractivity contribution in [2.45, 2.75) is 19.9 Å². The number of nitrogens with two attached hydrogens (primary N) is 1. The fourth-order valence-corrected chi connectivity index (χ4v) is 2.32. The van der Waals surface area contributed by atoms with Crippen LogP contribution >= 0.6 is 11.6 Å². The van der Waals surface area contributed by atoms with E-state index >= 15 is 0 Å². The van der Waals surface area contributed by atoms with Gasteiger partial charge in [0.2, 0.25) is 5.43 Å². The first-order valence-electron chi connectivity index (χ1n) is 5.84. The highest BCUT2D eigenvalue weighted by molar-refractivity contribution is 6.37. The standard InChI is InChI=1S/C13H13ClN2O4/c1-5(2)16-4-6(13(15)20)11(18)9-7(16)3-8(17)12(19)10(9)14/h3-5,17,19H,1-2H3,(H2,15,20).